The van der Waals surface area contributed by atoms with E-state index in [1.54, 1.807) is 0 Å². The average Bonchev–Trinajstić information content (AvgIpc) is 2.68. The fourth-order valence-corrected chi connectivity index (χ4v) is 2.62. The number of hydrogen-bond donors (Lipinski definition) is 1. The van der Waals surface area contributed by atoms with E-state index in [0.29, 0.717) is 12.1 Å². The van der Waals surface area contributed by atoms with E-state index in [1.807, 2.05) is 18.2 Å². The molecule has 1 aromatic heterocycles. The van der Waals surface area contributed by atoms with Crippen LogP contribution in [0.5, 0.6) is 0 Å². The summed E-state index contributed by atoms with van der Waals surface area (Å²) < 4.78 is 2.25. The van der Waals surface area contributed by atoms with Crippen molar-refractivity contribution in [2.75, 3.05) is 6.54 Å². The first-order valence-corrected chi connectivity index (χ1v) is 7.27. The van der Waals surface area contributed by atoms with Gasteiger partial charge in [-0.25, -0.2) is 4.98 Å². The molecule has 0 unspecified atom stereocenters. The maximum absolute atomic E-state index is 6.33. The molecule has 0 bridgehead atoms. The summed E-state index contributed by atoms with van der Waals surface area (Å²) in [4.78, 5) is 4.73. The Morgan fingerprint density at radius 3 is 2.63 bits per heavy atom. The van der Waals surface area contributed by atoms with Crippen LogP contribution in [-0.4, -0.2) is 22.1 Å². The third-order valence-electron chi connectivity index (χ3n) is 3.15. The van der Waals surface area contributed by atoms with Crippen LogP contribution >= 0.6 is 11.6 Å². The Kier molecular flexibility index (Phi) is 4.48. The zero-order valence-corrected chi connectivity index (χ0v) is 12.8. The van der Waals surface area contributed by atoms with Crippen LogP contribution in [0.3, 0.4) is 0 Å². The highest BCUT2D eigenvalue weighted by Gasteiger charge is 2.15. The lowest BCUT2D eigenvalue weighted by molar-refractivity contribution is 0.546. The molecule has 0 aliphatic rings. The van der Waals surface area contributed by atoms with Crippen molar-refractivity contribution in [1.82, 2.24) is 14.9 Å². The Morgan fingerprint density at radius 1 is 1.26 bits per heavy atom. The molecular formula is C15H22ClN3. The predicted molar refractivity (Wildman–Crippen MR) is 82.0 cm³/mol. The number of para-hydroxylation sites is 1. The monoisotopic (exact) mass is 279 g/mol. The quantitative estimate of drug-likeness (QED) is 0.902. The van der Waals surface area contributed by atoms with Crippen molar-refractivity contribution in [3.8, 4) is 0 Å². The van der Waals surface area contributed by atoms with Crippen LogP contribution in [0.15, 0.2) is 18.2 Å². The topological polar surface area (TPSA) is 29.9 Å². The van der Waals surface area contributed by atoms with Gasteiger partial charge in [-0.3, -0.25) is 0 Å². The SMILES string of the molecule is CC(C)NCCc1nc2cccc(Cl)c2n1C(C)C. The molecular weight excluding hydrogens is 258 g/mol. The van der Waals surface area contributed by atoms with Gasteiger partial charge >= 0.3 is 0 Å². The summed E-state index contributed by atoms with van der Waals surface area (Å²) in [7, 11) is 0. The van der Waals surface area contributed by atoms with Crippen molar-refractivity contribution in [2.24, 2.45) is 0 Å². The fourth-order valence-electron chi connectivity index (χ4n) is 2.36. The summed E-state index contributed by atoms with van der Waals surface area (Å²) in [5.74, 6) is 1.10. The first-order chi connectivity index (χ1) is 9.00. The zero-order valence-electron chi connectivity index (χ0n) is 12.1. The molecule has 0 aliphatic carbocycles. The summed E-state index contributed by atoms with van der Waals surface area (Å²) in [5, 5.41) is 4.21. The van der Waals surface area contributed by atoms with Gasteiger partial charge in [0, 0.05) is 25.0 Å². The molecule has 3 nitrogen and oxygen atoms in total. The second kappa shape index (κ2) is 5.93. The van der Waals surface area contributed by atoms with E-state index in [2.05, 4.69) is 37.6 Å². The number of halogens is 1. The molecule has 1 N–H and O–H groups in total. The Morgan fingerprint density at radius 2 is 2.00 bits per heavy atom. The van der Waals surface area contributed by atoms with E-state index in [0.717, 1.165) is 34.8 Å². The van der Waals surface area contributed by atoms with Crippen molar-refractivity contribution in [2.45, 2.75) is 46.2 Å². The van der Waals surface area contributed by atoms with Crippen LogP contribution in [0.25, 0.3) is 11.0 Å². The number of nitrogens with zero attached hydrogens (tertiary/aromatic N) is 2. The van der Waals surface area contributed by atoms with E-state index in [4.69, 9.17) is 16.6 Å². The van der Waals surface area contributed by atoms with Crippen LogP contribution in [0.4, 0.5) is 0 Å². The van der Waals surface area contributed by atoms with Gasteiger partial charge in [0.1, 0.15) is 5.82 Å². The summed E-state index contributed by atoms with van der Waals surface area (Å²) >= 11 is 6.33. The molecule has 0 atom stereocenters. The highest BCUT2D eigenvalue weighted by molar-refractivity contribution is 6.35. The number of nitrogens with one attached hydrogen (secondary N) is 1. The molecule has 0 fully saturated rings. The Balaban J connectivity index is 2.37. The minimum Gasteiger partial charge on any atom is -0.324 e. The lowest BCUT2D eigenvalue weighted by Gasteiger charge is -2.14. The van der Waals surface area contributed by atoms with E-state index >= 15 is 0 Å². The fraction of sp³-hybridized carbons (Fsp3) is 0.533. The number of rotatable bonds is 5. The molecule has 1 aromatic carbocycles. The third kappa shape index (κ3) is 3.10. The molecule has 0 aliphatic heterocycles. The van der Waals surface area contributed by atoms with Gasteiger partial charge in [-0.1, -0.05) is 31.5 Å². The highest BCUT2D eigenvalue weighted by atomic mass is 35.5. The molecule has 104 valence electrons. The summed E-state index contributed by atoms with van der Waals surface area (Å²) in [5.41, 5.74) is 2.04. The van der Waals surface area contributed by atoms with Crippen molar-refractivity contribution >= 4 is 22.6 Å². The van der Waals surface area contributed by atoms with Gasteiger partial charge in [0.25, 0.3) is 0 Å². The molecule has 4 heteroatoms. The van der Waals surface area contributed by atoms with E-state index < -0.39 is 0 Å². The van der Waals surface area contributed by atoms with E-state index in [1.165, 1.54) is 0 Å². The molecule has 0 spiro atoms. The number of aromatic nitrogens is 2. The van der Waals surface area contributed by atoms with Gasteiger partial charge in [-0.05, 0) is 26.0 Å². The van der Waals surface area contributed by atoms with E-state index in [-0.39, 0.29) is 0 Å². The van der Waals surface area contributed by atoms with Crippen LogP contribution in [-0.2, 0) is 6.42 Å². The maximum atomic E-state index is 6.33. The Bertz CT molecular complexity index is 558. The first-order valence-electron chi connectivity index (χ1n) is 6.89. The minimum absolute atomic E-state index is 0.360. The molecule has 19 heavy (non-hydrogen) atoms. The van der Waals surface area contributed by atoms with Gasteiger partial charge in [-0.15, -0.1) is 0 Å². The van der Waals surface area contributed by atoms with Crippen molar-refractivity contribution in [3.63, 3.8) is 0 Å². The number of fused-ring (bicyclic) bond motifs is 1. The zero-order chi connectivity index (χ0) is 14.0. The molecule has 0 radical (unpaired) electrons. The largest absolute Gasteiger partial charge is 0.324 e. The van der Waals surface area contributed by atoms with Crippen LogP contribution in [0, 0.1) is 0 Å². The van der Waals surface area contributed by atoms with Gasteiger partial charge in [0.15, 0.2) is 0 Å². The smallest absolute Gasteiger partial charge is 0.111 e. The second-order valence-electron chi connectivity index (χ2n) is 5.46. The molecule has 0 amide bonds. The van der Waals surface area contributed by atoms with Gasteiger partial charge in [0.05, 0.1) is 16.1 Å². The van der Waals surface area contributed by atoms with Crippen molar-refractivity contribution in [3.05, 3.63) is 29.0 Å². The first kappa shape index (κ1) is 14.4. The molecule has 0 saturated carbocycles. The molecule has 0 saturated heterocycles. The molecule has 1 heterocycles. The highest BCUT2D eigenvalue weighted by Crippen LogP contribution is 2.27. The molecule has 2 rings (SSSR count). The van der Waals surface area contributed by atoms with E-state index in [9.17, 15) is 0 Å². The Labute approximate surface area is 120 Å². The normalized spacial score (nSPS) is 11.9. The number of imidazole rings is 1. The van der Waals surface area contributed by atoms with Gasteiger partial charge < -0.3 is 9.88 Å². The average molecular weight is 280 g/mol. The van der Waals surface area contributed by atoms with Crippen LogP contribution < -0.4 is 5.32 Å². The summed E-state index contributed by atoms with van der Waals surface area (Å²) in [6.07, 6.45) is 0.918. The van der Waals surface area contributed by atoms with Crippen molar-refractivity contribution in [1.29, 1.82) is 0 Å². The second-order valence-corrected chi connectivity index (χ2v) is 5.87. The minimum atomic E-state index is 0.360. The summed E-state index contributed by atoms with van der Waals surface area (Å²) in [6, 6.07) is 6.78. The lowest BCUT2D eigenvalue weighted by atomic mass is 10.3. The van der Waals surface area contributed by atoms with Gasteiger partial charge in [0.2, 0.25) is 0 Å². The van der Waals surface area contributed by atoms with Crippen LogP contribution in [0.1, 0.15) is 39.6 Å². The van der Waals surface area contributed by atoms with Gasteiger partial charge in [-0.2, -0.15) is 0 Å². The Hall–Kier alpha value is -1.06. The maximum Gasteiger partial charge on any atom is 0.111 e. The standard InChI is InChI=1S/C15H22ClN3/c1-10(2)17-9-8-14-18-13-7-5-6-12(16)15(13)19(14)11(3)4/h5-7,10-11,17H,8-9H2,1-4H3. The number of benzene rings is 1. The third-order valence-corrected chi connectivity index (χ3v) is 3.46. The molecule has 2 aromatic rings. The lowest BCUT2D eigenvalue weighted by Crippen LogP contribution is -2.26. The summed E-state index contributed by atoms with van der Waals surface area (Å²) in [6.45, 7) is 9.59. The number of hydrogen-bond acceptors (Lipinski definition) is 2. The van der Waals surface area contributed by atoms with Crippen LogP contribution in [0.2, 0.25) is 5.02 Å². The van der Waals surface area contributed by atoms with Crippen molar-refractivity contribution < 1.29 is 0 Å². The predicted octanol–water partition coefficient (Wildman–Crippen LogP) is 3.81.